The number of rotatable bonds is 1. The maximum absolute atomic E-state index is 11.0. The Kier molecular flexibility index (Phi) is 1.58. The van der Waals surface area contributed by atoms with E-state index in [1.807, 2.05) is 0 Å². The van der Waals surface area contributed by atoms with Gasteiger partial charge in [-0.25, -0.2) is 0 Å². The molecule has 0 aromatic rings. The minimum Gasteiger partial charge on any atom is -0.377 e. The van der Waals surface area contributed by atoms with E-state index in [2.05, 4.69) is 0 Å². The molecule has 2 nitrogen and oxygen atoms in total. The lowest BCUT2D eigenvalue weighted by Crippen LogP contribution is -2.66. The maximum Gasteiger partial charge on any atom is 0.124 e. The van der Waals surface area contributed by atoms with E-state index in [-0.39, 0.29) is 0 Å². The van der Waals surface area contributed by atoms with Crippen LogP contribution in [0.5, 0.6) is 0 Å². The van der Waals surface area contributed by atoms with E-state index < -0.39 is 0 Å². The maximum atomic E-state index is 11.0. The molecule has 3 atom stereocenters. The Balaban J connectivity index is 1.83. The topological polar surface area (TPSA) is 26.3 Å². The first kappa shape index (κ1) is 7.98. The zero-order valence-electron chi connectivity index (χ0n) is 7.87. The monoisotopic (exact) mass is 180 g/mol. The second-order valence-corrected chi connectivity index (χ2v) is 4.85. The molecule has 2 heteroatoms. The van der Waals surface area contributed by atoms with Gasteiger partial charge in [-0.2, -0.15) is 0 Å². The van der Waals surface area contributed by atoms with Crippen LogP contribution in [0.1, 0.15) is 32.1 Å². The summed E-state index contributed by atoms with van der Waals surface area (Å²) >= 11 is 0. The van der Waals surface area contributed by atoms with Crippen LogP contribution in [-0.4, -0.2) is 19.0 Å². The van der Waals surface area contributed by atoms with E-state index in [1.54, 1.807) is 0 Å². The minimum absolute atomic E-state index is 0.312. The van der Waals surface area contributed by atoms with Gasteiger partial charge in [0.15, 0.2) is 0 Å². The van der Waals surface area contributed by atoms with Gasteiger partial charge in [0, 0.05) is 17.9 Å². The first-order valence-electron chi connectivity index (χ1n) is 5.45. The SMILES string of the molecule is O=C[C@@H]1[C@@H]2CCCO[C@@H]2C12CCC2. The van der Waals surface area contributed by atoms with E-state index in [1.165, 1.54) is 32.0 Å². The van der Waals surface area contributed by atoms with Crippen molar-refractivity contribution in [3.63, 3.8) is 0 Å². The lowest BCUT2D eigenvalue weighted by atomic mass is 9.42. The van der Waals surface area contributed by atoms with Gasteiger partial charge in [-0.1, -0.05) is 6.42 Å². The third kappa shape index (κ3) is 0.804. The van der Waals surface area contributed by atoms with Crippen molar-refractivity contribution in [3.8, 4) is 0 Å². The summed E-state index contributed by atoms with van der Waals surface area (Å²) in [5.74, 6) is 0.915. The van der Waals surface area contributed by atoms with Gasteiger partial charge in [-0.3, -0.25) is 0 Å². The number of hydrogen-bond acceptors (Lipinski definition) is 2. The molecule has 0 bridgehead atoms. The average molecular weight is 180 g/mol. The van der Waals surface area contributed by atoms with Crippen LogP contribution < -0.4 is 0 Å². The largest absolute Gasteiger partial charge is 0.377 e. The standard InChI is InChI=1S/C11H16O2/c12-7-9-8-3-1-6-13-10(8)11(9)4-2-5-11/h7-10H,1-6H2/t8-,9+,10-/m0/s1. The summed E-state index contributed by atoms with van der Waals surface area (Å²) in [6, 6.07) is 0. The molecule has 0 N–H and O–H groups in total. The normalized spacial score (nSPS) is 46.0. The Hall–Kier alpha value is -0.370. The Morgan fingerprint density at radius 1 is 1.31 bits per heavy atom. The van der Waals surface area contributed by atoms with E-state index in [0.717, 1.165) is 13.0 Å². The molecule has 2 saturated carbocycles. The highest BCUT2D eigenvalue weighted by Gasteiger charge is 2.65. The molecule has 1 spiro atoms. The molecule has 0 aromatic carbocycles. The lowest BCUT2D eigenvalue weighted by Gasteiger charge is -2.65. The summed E-state index contributed by atoms with van der Waals surface area (Å²) in [4.78, 5) is 11.0. The van der Waals surface area contributed by atoms with Crippen LogP contribution in [0.25, 0.3) is 0 Å². The second-order valence-electron chi connectivity index (χ2n) is 4.85. The van der Waals surface area contributed by atoms with E-state index in [9.17, 15) is 4.79 Å². The first-order chi connectivity index (χ1) is 6.38. The molecular formula is C11H16O2. The molecule has 3 rings (SSSR count). The fraction of sp³-hybridized carbons (Fsp3) is 0.909. The molecule has 13 heavy (non-hydrogen) atoms. The second kappa shape index (κ2) is 2.57. The number of aldehydes is 1. The van der Waals surface area contributed by atoms with Crippen molar-refractivity contribution in [1.29, 1.82) is 0 Å². The Labute approximate surface area is 78.6 Å². The molecule has 2 aliphatic carbocycles. The van der Waals surface area contributed by atoms with Crippen LogP contribution in [0.3, 0.4) is 0 Å². The highest BCUT2D eigenvalue weighted by Crippen LogP contribution is 2.65. The zero-order chi connectivity index (χ0) is 8.89. The van der Waals surface area contributed by atoms with E-state index >= 15 is 0 Å². The zero-order valence-corrected chi connectivity index (χ0v) is 7.87. The van der Waals surface area contributed by atoms with Crippen molar-refractivity contribution in [2.24, 2.45) is 17.3 Å². The van der Waals surface area contributed by atoms with Crippen molar-refractivity contribution >= 4 is 6.29 Å². The van der Waals surface area contributed by atoms with Crippen molar-refractivity contribution < 1.29 is 9.53 Å². The predicted octanol–water partition coefficient (Wildman–Crippen LogP) is 1.78. The molecule has 0 amide bonds. The summed E-state index contributed by atoms with van der Waals surface area (Å²) < 4.78 is 5.81. The molecule has 1 saturated heterocycles. The van der Waals surface area contributed by atoms with Gasteiger partial charge in [-0.15, -0.1) is 0 Å². The predicted molar refractivity (Wildman–Crippen MR) is 48.3 cm³/mol. The van der Waals surface area contributed by atoms with Crippen molar-refractivity contribution in [2.75, 3.05) is 6.61 Å². The van der Waals surface area contributed by atoms with Gasteiger partial charge >= 0.3 is 0 Å². The number of ether oxygens (including phenoxy) is 1. The molecule has 3 aliphatic rings. The van der Waals surface area contributed by atoms with E-state index in [4.69, 9.17) is 4.74 Å². The van der Waals surface area contributed by atoms with Crippen LogP contribution in [-0.2, 0) is 9.53 Å². The summed E-state index contributed by atoms with van der Waals surface area (Å²) in [6.45, 7) is 0.925. The van der Waals surface area contributed by atoms with Crippen molar-refractivity contribution in [1.82, 2.24) is 0 Å². The Morgan fingerprint density at radius 3 is 2.77 bits per heavy atom. The van der Waals surface area contributed by atoms with Gasteiger partial charge < -0.3 is 9.53 Å². The minimum atomic E-state index is 0.312. The molecular weight excluding hydrogens is 164 g/mol. The number of fused-ring (bicyclic) bond motifs is 2. The number of carbonyl (C=O) groups is 1. The molecule has 0 unspecified atom stereocenters. The van der Waals surface area contributed by atoms with Crippen LogP contribution >= 0.6 is 0 Å². The fourth-order valence-corrected chi connectivity index (χ4v) is 3.70. The third-order valence-electron chi connectivity index (χ3n) is 4.49. The Morgan fingerprint density at radius 2 is 2.15 bits per heavy atom. The smallest absolute Gasteiger partial charge is 0.124 e. The number of hydrogen-bond donors (Lipinski definition) is 0. The molecule has 1 heterocycles. The van der Waals surface area contributed by atoms with Gasteiger partial charge in [-0.05, 0) is 31.6 Å². The van der Waals surface area contributed by atoms with Crippen LogP contribution in [0.15, 0.2) is 0 Å². The summed E-state index contributed by atoms with van der Waals surface area (Å²) in [5.41, 5.74) is 0.312. The van der Waals surface area contributed by atoms with Gasteiger partial charge in [0.1, 0.15) is 6.29 Å². The Bertz CT molecular complexity index is 232. The van der Waals surface area contributed by atoms with Gasteiger partial charge in [0.2, 0.25) is 0 Å². The molecule has 1 aliphatic heterocycles. The van der Waals surface area contributed by atoms with Crippen molar-refractivity contribution in [3.05, 3.63) is 0 Å². The van der Waals surface area contributed by atoms with Crippen LogP contribution in [0, 0.1) is 17.3 Å². The first-order valence-corrected chi connectivity index (χ1v) is 5.45. The van der Waals surface area contributed by atoms with Crippen LogP contribution in [0.4, 0.5) is 0 Å². The molecule has 0 aromatic heterocycles. The quantitative estimate of drug-likeness (QED) is 0.575. The summed E-state index contributed by atoms with van der Waals surface area (Å²) in [6.07, 6.45) is 7.79. The van der Waals surface area contributed by atoms with Gasteiger partial charge in [0.05, 0.1) is 6.10 Å². The van der Waals surface area contributed by atoms with Crippen LogP contribution in [0.2, 0.25) is 0 Å². The third-order valence-corrected chi connectivity index (χ3v) is 4.49. The molecule has 72 valence electrons. The highest BCUT2D eigenvalue weighted by atomic mass is 16.5. The molecule has 3 fully saturated rings. The lowest BCUT2D eigenvalue weighted by molar-refractivity contribution is -0.249. The average Bonchev–Trinajstić information content (AvgIpc) is 2.05. The summed E-state index contributed by atoms with van der Waals surface area (Å²) in [5, 5.41) is 0. The summed E-state index contributed by atoms with van der Waals surface area (Å²) in [7, 11) is 0. The van der Waals surface area contributed by atoms with Gasteiger partial charge in [0.25, 0.3) is 0 Å². The van der Waals surface area contributed by atoms with Crippen molar-refractivity contribution in [2.45, 2.75) is 38.2 Å². The fourth-order valence-electron chi connectivity index (χ4n) is 3.70. The molecule has 0 radical (unpaired) electrons. The highest BCUT2D eigenvalue weighted by molar-refractivity contribution is 5.59. The number of carbonyl (C=O) groups excluding carboxylic acids is 1. The van der Waals surface area contributed by atoms with E-state index in [0.29, 0.717) is 23.4 Å².